The highest BCUT2D eigenvalue weighted by atomic mass is 16.1. The van der Waals surface area contributed by atoms with Gasteiger partial charge in [0.2, 0.25) is 5.91 Å². The van der Waals surface area contributed by atoms with E-state index in [1.54, 1.807) is 0 Å². The van der Waals surface area contributed by atoms with Crippen LogP contribution in [0.4, 0.5) is 0 Å². The quantitative estimate of drug-likeness (QED) is 0.500. The third kappa shape index (κ3) is 4.79. The number of rotatable bonds is 7. The molecule has 0 aliphatic rings. The number of carbonyl (C=O) groups is 1. The zero-order valence-electron chi connectivity index (χ0n) is 16.2. The number of aryl methyl sites for hydroxylation is 1. The average Bonchev–Trinajstić information content (AvgIpc) is 3.22. The zero-order valence-corrected chi connectivity index (χ0v) is 16.2. The van der Waals surface area contributed by atoms with Gasteiger partial charge in [-0.1, -0.05) is 78.9 Å². The van der Waals surface area contributed by atoms with Crippen LogP contribution in [0.2, 0.25) is 0 Å². The molecule has 0 aliphatic carbocycles. The third-order valence-corrected chi connectivity index (χ3v) is 4.82. The maximum atomic E-state index is 12.4. The summed E-state index contributed by atoms with van der Waals surface area (Å²) in [5, 5.41) is 7.84. The van der Waals surface area contributed by atoms with Crippen LogP contribution in [0.1, 0.15) is 17.5 Å². The van der Waals surface area contributed by atoms with E-state index in [1.807, 2.05) is 102 Å². The van der Waals surface area contributed by atoms with Crippen molar-refractivity contribution < 1.29 is 4.79 Å². The van der Waals surface area contributed by atoms with Gasteiger partial charge in [-0.2, -0.15) is 5.10 Å². The number of aromatic nitrogens is 2. The Morgan fingerprint density at radius 2 is 1.45 bits per heavy atom. The molecular weight excluding hydrogens is 358 g/mol. The fourth-order valence-corrected chi connectivity index (χ4v) is 3.28. The van der Waals surface area contributed by atoms with Gasteiger partial charge in [-0.15, -0.1) is 0 Å². The molecular formula is C25H23N3O. The molecule has 4 rings (SSSR count). The van der Waals surface area contributed by atoms with Crippen LogP contribution in [0.15, 0.2) is 97.2 Å². The van der Waals surface area contributed by atoms with Crippen LogP contribution in [0.25, 0.3) is 16.9 Å². The molecule has 29 heavy (non-hydrogen) atoms. The van der Waals surface area contributed by atoms with Gasteiger partial charge in [-0.05, 0) is 24.1 Å². The van der Waals surface area contributed by atoms with Gasteiger partial charge >= 0.3 is 0 Å². The van der Waals surface area contributed by atoms with E-state index < -0.39 is 0 Å². The van der Waals surface area contributed by atoms with Crippen LogP contribution in [0, 0.1) is 0 Å². The Bertz CT molecular complexity index is 1060. The van der Waals surface area contributed by atoms with E-state index in [0.29, 0.717) is 13.0 Å². The number of hydrogen-bond donors (Lipinski definition) is 1. The first kappa shape index (κ1) is 18.7. The molecule has 3 aromatic carbocycles. The summed E-state index contributed by atoms with van der Waals surface area (Å²) in [5.74, 6) is 0.0420. The van der Waals surface area contributed by atoms with Crippen LogP contribution in [-0.4, -0.2) is 15.7 Å². The summed E-state index contributed by atoms with van der Waals surface area (Å²) in [6.07, 6.45) is 3.20. The predicted octanol–water partition coefficient (Wildman–Crippen LogP) is 4.79. The topological polar surface area (TPSA) is 46.9 Å². The van der Waals surface area contributed by atoms with Crippen LogP contribution in [0.5, 0.6) is 0 Å². The Kier molecular flexibility index (Phi) is 5.81. The van der Waals surface area contributed by atoms with E-state index in [1.165, 1.54) is 5.56 Å². The highest BCUT2D eigenvalue weighted by Gasteiger charge is 2.13. The molecule has 144 valence electrons. The lowest BCUT2D eigenvalue weighted by molar-refractivity contribution is -0.121. The number of benzene rings is 3. The molecule has 0 saturated heterocycles. The van der Waals surface area contributed by atoms with Crippen molar-refractivity contribution in [2.75, 3.05) is 0 Å². The van der Waals surface area contributed by atoms with Crippen LogP contribution < -0.4 is 5.32 Å². The summed E-state index contributed by atoms with van der Waals surface area (Å²) in [6, 6.07) is 30.1. The van der Waals surface area contributed by atoms with Gasteiger partial charge in [0.15, 0.2) is 0 Å². The smallest absolute Gasteiger partial charge is 0.220 e. The molecule has 0 spiro atoms. The largest absolute Gasteiger partial charge is 0.352 e. The molecule has 4 aromatic rings. The van der Waals surface area contributed by atoms with E-state index in [0.717, 1.165) is 28.9 Å². The summed E-state index contributed by atoms with van der Waals surface area (Å²) in [6.45, 7) is 0.449. The van der Waals surface area contributed by atoms with Gasteiger partial charge < -0.3 is 5.32 Å². The van der Waals surface area contributed by atoms with E-state index in [-0.39, 0.29) is 5.91 Å². The minimum absolute atomic E-state index is 0.0420. The molecule has 0 atom stereocenters. The Morgan fingerprint density at radius 1 is 0.828 bits per heavy atom. The van der Waals surface area contributed by atoms with Crippen molar-refractivity contribution in [3.63, 3.8) is 0 Å². The number of nitrogens with one attached hydrogen (secondary N) is 1. The van der Waals surface area contributed by atoms with Crippen molar-refractivity contribution >= 4 is 5.91 Å². The van der Waals surface area contributed by atoms with E-state index in [9.17, 15) is 4.79 Å². The summed E-state index contributed by atoms with van der Waals surface area (Å²) in [4.78, 5) is 12.4. The number of para-hydroxylation sites is 1. The van der Waals surface area contributed by atoms with Crippen molar-refractivity contribution in [1.29, 1.82) is 0 Å². The SMILES string of the molecule is O=C(CCc1ccccc1)NCc1cn(-c2ccccc2)nc1-c1ccccc1. The van der Waals surface area contributed by atoms with Gasteiger partial charge in [0.25, 0.3) is 0 Å². The second-order valence-electron chi connectivity index (χ2n) is 6.91. The molecule has 0 fully saturated rings. The minimum atomic E-state index is 0.0420. The average molecular weight is 381 g/mol. The number of amides is 1. The molecule has 1 N–H and O–H groups in total. The number of nitrogens with zero attached hydrogens (tertiary/aromatic N) is 2. The lowest BCUT2D eigenvalue weighted by Crippen LogP contribution is -2.23. The van der Waals surface area contributed by atoms with Crippen molar-refractivity contribution in [3.05, 3.63) is 108 Å². The normalized spacial score (nSPS) is 10.6. The Hall–Kier alpha value is -3.66. The highest BCUT2D eigenvalue weighted by Crippen LogP contribution is 2.23. The molecule has 1 amide bonds. The highest BCUT2D eigenvalue weighted by molar-refractivity contribution is 5.76. The Morgan fingerprint density at radius 3 is 2.14 bits per heavy atom. The third-order valence-electron chi connectivity index (χ3n) is 4.82. The second-order valence-corrected chi connectivity index (χ2v) is 6.91. The molecule has 0 unspecified atom stereocenters. The van der Waals surface area contributed by atoms with Crippen LogP contribution in [0.3, 0.4) is 0 Å². The lowest BCUT2D eigenvalue weighted by atomic mass is 10.1. The summed E-state index contributed by atoms with van der Waals surface area (Å²) >= 11 is 0. The van der Waals surface area contributed by atoms with Gasteiger partial charge in [0, 0.05) is 30.3 Å². The van der Waals surface area contributed by atoms with Gasteiger partial charge in [-0.3, -0.25) is 4.79 Å². The van der Waals surface area contributed by atoms with Gasteiger partial charge in [0.05, 0.1) is 11.4 Å². The molecule has 1 aromatic heterocycles. The maximum Gasteiger partial charge on any atom is 0.220 e. The fraction of sp³-hybridized carbons (Fsp3) is 0.120. The second kappa shape index (κ2) is 9.02. The van der Waals surface area contributed by atoms with E-state index in [4.69, 9.17) is 5.10 Å². The first-order valence-electron chi connectivity index (χ1n) is 9.79. The monoisotopic (exact) mass is 381 g/mol. The number of carbonyl (C=O) groups excluding carboxylic acids is 1. The Balaban J connectivity index is 1.49. The fourth-order valence-electron chi connectivity index (χ4n) is 3.28. The van der Waals surface area contributed by atoms with Gasteiger partial charge in [-0.25, -0.2) is 4.68 Å². The summed E-state index contributed by atoms with van der Waals surface area (Å²) in [7, 11) is 0. The summed E-state index contributed by atoms with van der Waals surface area (Å²) < 4.78 is 1.87. The molecule has 4 heteroatoms. The lowest BCUT2D eigenvalue weighted by Gasteiger charge is -2.06. The van der Waals surface area contributed by atoms with E-state index in [2.05, 4.69) is 5.32 Å². The molecule has 0 radical (unpaired) electrons. The maximum absolute atomic E-state index is 12.4. The molecule has 4 nitrogen and oxygen atoms in total. The standard InChI is InChI=1S/C25H23N3O/c29-24(17-16-20-10-4-1-5-11-20)26-18-22-19-28(23-14-8-3-9-15-23)27-25(22)21-12-6-2-7-13-21/h1-15,19H,16-18H2,(H,26,29). The van der Waals surface area contributed by atoms with Crippen LogP contribution in [-0.2, 0) is 17.8 Å². The van der Waals surface area contributed by atoms with Crippen LogP contribution >= 0.6 is 0 Å². The first-order chi connectivity index (χ1) is 14.3. The summed E-state index contributed by atoms with van der Waals surface area (Å²) in [5.41, 5.74) is 5.08. The first-order valence-corrected chi connectivity index (χ1v) is 9.79. The molecule has 0 saturated carbocycles. The minimum Gasteiger partial charge on any atom is -0.352 e. The van der Waals surface area contributed by atoms with Crippen molar-refractivity contribution in [2.45, 2.75) is 19.4 Å². The van der Waals surface area contributed by atoms with Crippen molar-refractivity contribution in [3.8, 4) is 16.9 Å². The Labute approximate surface area is 170 Å². The number of hydrogen-bond acceptors (Lipinski definition) is 2. The zero-order chi connectivity index (χ0) is 19.9. The molecule has 0 bridgehead atoms. The van der Waals surface area contributed by atoms with Gasteiger partial charge in [0.1, 0.15) is 0 Å². The molecule has 1 heterocycles. The molecule has 0 aliphatic heterocycles. The predicted molar refractivity (Wildman–Crippen MR) is 116 cm³/mol. The van der Waals surface area contributed by atoms with E-state index >= 15 is 0 Å². The van der Waals surface area contributed by atoms with Crippen molar-refractivity contribution in [1.82, 2.24) is 15.1 Å². The van der Waals surface area contributed by atoms with Crippen molar-refractivity contribution in [2.24, 2.45) is 0 Å².